The lowest BCUT2D eigenvalue weighted by Gasteiger charge is -2.27. The van der Waals surface area contributed by atoms with Crippen molar-refractivity contribution in [2.45, 2.75) is 58.0 Å². The topological polar surface area (TPSA) is 75.4 Å². The van der Waals surface area contributed by atoms with Crippen LogP contribution in [0.2, 0.25) is 0 Å². The van der Waals surface area contributed by atoms with E-state index in [0.717, 1.165) is 12.8 Å². The Kier molecular flexibility index (Phi) is 4.75. The van der Waals surface area contributed by atoms with Gasteiger partial charge < -0.3 is 5.11 Å². The minimum Gasteiger partial charge on any atom is -0.394 e. The van der Waals surface area contributed by atoms with Crippen LogP contribution in [0.3, 0.4) is 0 Å². The maximum Gasteiger partial charge on any atom is 0.247 e. The highest BCUT2D eigenvalue weighted by Gasteiger charge is 2.39. The standard InChI is InChI=1S/C14H25N3O3S/c1-10(2)13-6-5-7-17(13)21(19,20)14-11(3)15-16(8-9-18)12(14)4/h10,13,18H,5-9H2,1-4H3. The van der Waals surface area contributed by atoms with Crippen LogP contribution in [-0.2, 0) is 16.6 Å². The number of hydrogen-bond acceptors (Lipinski definition) is 4. The van der Waals surface area contributed by atoms with Crippen molar-refractivity contribution in [2.24, 2.45) is 5.92 Å². The smallest absolute Gasteiger partial charge is 0.247 e. The number of aliphatic hydroxyl groups is 1. The fraction of sp³-hybridized carbons (Fsp3) is 0.786. The third-order valence-corrected chi connectivity index (χ3v) is 6.39. The van der Waals surface area contributed by atoms with Crippen LogP contribution >= 0.6 is 0 Å². The van der Waals surface area contributed by atoms with Crippen molar-refractivity contribution in [1.29, 1.82) is 0 Å². The van der Waals surface area contributed by atoms with Gasteiger partial charge in [-0.1, -0.05) is 13.8 Å². The van der Waals surface area contributed by atoms with E-state index >= 15 is 0 Å². The molecule has 1 saturated heterocycles. The predicted molar refractivity (Wildman–Crippen MR) is 80.5 cm³/mol. The molecular weight excluding hydrogens is 290 g/mol. The number of aliphatic hydroxyl groups excluding tert-OH is 1. The fourth-order valence-corrected chi connectivity index (χ4v) is 5.42. The monoisotopic (exact) mass is 315 g/mol. The predicted octanol–water partition coefficient (Wildman–Crippen LogP) is 1.30. The van der Waals surface area contributed by atoms with Gasteiger partial charge in [-0.3, -0.25) is 4.68 Å². The van der Waals surface area contributed by atoms with Gasteiger partial charge in [-0.15, -0.1) is 0 Å². The first-order valence-electron chi connectivity index (χ1n) is 7.47. The van der Waals surface area contributed by atoms with Crippen molar-refractivity contribution >= 4 is 10.0 Å². The Morgan fingerprint density at radius 1 is 1.38 bits per heavy atom. The minimum atomic E-state index is -3.52. The Morgan fingerprint density at radius 2 is 2.05 bits per heavy atom. The Morgan fingerprint density at radius 3 is 2.62 bits per heavy atom. The lowest BCUT2D eigenvalue weighted by molar-refractivity contribution is 0.267. The minimum absolute atomic E-state index is 0.0558. The van der Waals surface area contributed by atoms with Gasteiger partial charge in [0.2, 0.25) is 10.0 Å². The van der Waals surface area contributed by atoms with Gasteiger partial charge in [-0.25, -0.2) is 8.42 Å². The number of nitrogens with zero attached hydrogens (tertiary/aromatic N) is 3. The molecule has 0 radical (unpaired) electrons. The quantitative estimate of drug-likeness (QED) is 0.889. The van der Waals surface area contributed by atoms with Gasteiger partial charge in [-0.05, 0) is 32.6 Å². The molecule has 1 N–H and O–H groups in total. The normalized spacial score (nSPS) is 20.6. The molecule has 2 heterocycles. The maximum atomic E-state index is 13.0. The van der Waals surface area contributed by atoms with E-state index in [2.05, 4.69) is 18.9 Å². The third-order valence-electron chi connectivity index (χ3n) is 4.21. The van der Waals surface area contributed by atoms with Gasteiger partial charge in [0.05, 0.1) is 24.5 Å². The largest absolute Gasteiger partial charge is 0.394 e. The zero-order valence-corrected chi connectivity index (χ0v) is 14.0. The summed E-state index contributed by atoms with van der Waals surface area (Å²) in [5.74, 6) is 0.301. The van der Waals surface area contributed by atoms with Gasteiger partial charge >= 0.3 is 0 Å². The molecule has 0 spiro atoms. The van der Waals surface area contributed by atoms with Crippen LogP contribution in [-0.4, -0.2) is 46.8 Å². The number of aryl methyl sites for hydroxylation is 1. The molecular formula is C14H25N3O3S. The second kappa shape index (κ2) is 6.06. The molecule has 120 valence electrons. The van der Waals surface area contributed by atoms with Crippen molar-refractivity contribution in [1.82, 2.24) is 14.1 Å². The first-order valence-corrected chi connectivity index (χ1v) is 8.91. The van der Waals surface area contributed by atoms with E-state index in [1.807, 2.05) is 0 Å². The molecule has 0 aliphatic carbocycles. The highest BCUT2D eigenvalue weighted by Crippen LogP contribution is 2.32. The molecule has 1 atom stereocenters. The highest BCUT2D eigenvalue weighted by atomic mass is 32.2. The molecule has 1 aliphatic heterocycles. The Labute approximate surface area is 126 Å². The summed E-state index contributed by atoms with van der Waals surface area (Å²) in [6.45, 7) is 8.43. The molecule has 1 aromatic rings. The number of sulfonamides is 1. The maximum absolute atomic E-state index is 13.0. The summed E-state index contributed by atoms with van der Waals surface area (Å²) in [7, 11) is -3.52. The Bertz CT molecular complexity index is 607. The second-order valence-corrected chi connectivity index (χ2v) is 7.84. The summed E-state index contributed by atoms with van der Waals surface area (Å²) < 4.78 is 29.2. The van der Waals surface area contributed by atoms with Crippen LogP contribution < -0.4 is 0 Å². The van der Waals surface area contributed by atoms with Crippen LogP contribution in [0, 0.1) is 19.8 Å². The lowest BCUT2D eigenvalue weighted by Crippen LogP contribution is -2.38. The van der Waals surface area contributed by atoms with E-state index in [0.29, 0.717) is 35.3 Å². The van der Waals surface area contributed by atoms with Crippen LogP contribution in [0.5, 0.6) is 0 Å². The molecule has 21 heavy (non-hydrogen) atoms. The van der Waals surface area contributed by atoms with E-state index in [4.69, 9.17) is 5.11 Å². The second-order valence-electron chi connectivity index (χ2n) is 6.02. The summed E-state index contributed by atoms with van der Waals surface area (Å²) >= 11 is 0. The molecule has 1 aliphatic rings. The van der Waals surface area contributed by atoms with E-state index in [-0.39, 0.29) is 12.6 Å². The van der Waals surface area contributed by atoms with E-state index in [1.165, 1.54) is 0 Å². The Hall–Kier alpha value is -0.920. The molecule has 0 aromatic carbocycles. The summed E-state index contributed by atoms with van der Waals surface area (Å²) in [6.07, 6.45) is 1.82. The van der Waals surface area contributed by atoms with Crippen molar-refractivity contribution in [2.75, 3.05) is 13.2 Å². The first-order chi connectivity index (χ1) is 9.80. The summed E-state index contributed by atoms with van der Waals surface area (Å²) in [6, 6.07) is 0.0648. The van der Waals surface area contributed by atoms with Crippen LogP contribution in [0.15, 0.2) is 4.90 Å². The average molecular weight is 315 g/mol. The molecule has 0 bridgehead atoms. The van der Waals surface area contributed by atoms with Crippen molar-refractivity contribution in [3.63, 3.8) is 0 Å². The number of aromatic nitrogens is 2. The summed E-state index contributed by atoms with van der Waals surface area (Å²) in [5.41, 5.74) is 1.12. The number of rotatable bonds is 5. The molecule has 7 heteroatoms. The summed E-state index contributed by atoms with van der Waals surface area (Å²) in [4.78, 5) is 0.309. The SMILES string of the molecule is Cc1nn(CCO)c(C)c1S(=O)(=O)N1CCCC1C(C)C. The zero-order chi connectivity index (χ0) is 15.8. The van der Waals surface area contributed by atoms with Gasteiger partial charge in [0.25, 0.3) is 0 Å². The van der Waals surface area contributed by atoms with Crippen molar-refractivity contribution in [3.8, 4) is 0 Å². The molecule has 0 saturated carbocycles. The van der Waals surface area contributed by atoms with Gasteiger partial charge in [-0.2, -0.15) is 9.40 Å². The fourth-order valence-electron chi connectivity index (χ4n) is 3.21. The number of hydrogen-bond donors (Lipinski definition) is 1. The summed E-state index contributed by atoms with van der Waals surface area (Å²) in [5, 5.41) is 13.3. The Balaban J connectivity index is 2.45. The highest BCUT2D eigenvalue weighted by molar-refractivity contribution is 7.89. The molecule has 1 aromatic heterocycles. The first kappa shape index (κ1) is 16.5. The van der Waals surface area contributed by atoms with Gasteiger partial charge in [0.15, 0.2) is 0 Å². The third kappa shape index (κ3) is 2.86. The average Bonchev–Trinajstić information content (AvgIpc) is 2.96. The molecule has 0 amide bonds. The van der Waals surface area contributed by atoms with Gasteiger partial charge in [0, 0.05) is 12.6 Å². The van der Waals surface area contributed by atoms with Gasteiger partial charge in [0.1, 0.15) is 4.90 Å². The van der Waals surface area contributed by atoms with Crippen LogP contribution in [0.4, 0.5) is 0 Å². The lowest BCUT2D eigenvalue weighted by atomic mass is 10.0. The zero-order valence-electron chi connectivity index (χ0n) is 13.2. The van der Waals surface area contributed by atoms with Crippen molar-refractivity contribution < 1.29 is 13.5 Å². The van der Waals surface area contributed by atoms with Crippen LogP contribution in [0.1, 0.15) is 38.1 Å². The molecule has 6 nitrogen and oxygen atoms in total. The van der Waals surface area contributed by atoms with E-state index < -0.39 is 10.0 Å². The van der Waals surface area contributed by atoms with E-state index in [9.17, 15) is 8.42 Å². The molecule has 2 rings (SSSR count). The molecule has 1 fully saturated rings. The van der Waals surface area contributed by atoms with E-state index in [1.54, 1.807) is 22.8 Å². The van der Waals surface area contributed by atoms with Crippen LogP contribution in [0.25, 0.3) is 0 Å². The van der Waals surface area contributed by atoms with Crippen molar-refractivity contribution in [3.05, 3.63) is 11.4 Å². The molecule has 1 unspecified atom stereocenters.